The molecule has 0 aliphatic rings. The highest BCUT2D eigenvalue weighted by Gasteiger charge is 2.35. The molecule has 0 aliphatic carbocycles. The maximum Gasteiger partial charge on any atom is 0.435 e. The van der Waals surface area contributed by atoms with Gasteiger partial charge in [-0.3, -0.25) is 0 Å². The number of nitrogens with zero attached hydrogens (tertiary/aromatic N) is 4. The molecule has 6 aromatic rings. The van der Waals surface area contributed by atoms with Crippen molar-refractivity contribution in [1.29, 1.82) is 0 Å². The van der Waals surface area contributed by atoms with Crippen LogP contribution in [0.1, 0.15) is 17.8 Å². The number of nitrogens with two attached hydrogens (primary N) is 2. The van der Waals surface area contributed by atoms with Gasteiger partial charge in [0.15, 0.2) is 5.69 Å². The average Bonchev–Trinajstić information content (AvgIpc) is 3.82. The highest BCUT2D eigenvalue weighted by Crippen LogP contribution is 2.37. The molecule has 4 N–H and O–H groups in total. The molecule has 2 aromatic carbocycles. The molecule has 6 rings (SSSR count). The summed E-state index contributed by atoms with van der Waals surface area (Å²) in [6, 6.07) is 20.1. The van der Waals surface area contributed by atoms with Gasteiger partial charge in [0.1, 0.15) is 10.6 Å². The van der Waals surface area contributed by atoms with Gasteiger partial charge in [-0.25, -0.2) is 45.3 Å². The van der Waals surface area contributed by atoms with Crippen LogP contribution in [0.5, 0.6) is 0 Å². The summed E-state index contributed by atoms with van der Waals surface area (Å²) in [4.78, 5) is 0.945. The smallest absolute Gasteiger partial charge is 0.232 e. The monoisotopic (exact) mass is 806 g/mol. The normalized spacial score (nSPS) is 12.3. The lowest BCUT2D eigenvalue weighted by atomic mass is 10.2. The van der Waals surface area contributed by atoms with E-state index in [0.717, 1.165) is 14.5 Å². The minimum absolute atomic E-state index is 0.130. The molecule has 0 spiro atoms. The van der Waals surface area contributed by atoms with Crippen molar-refractivity contribution in [2.24, 2.45) is 10.3 Å². The van der Waals surface area contributed by atoms with Gasteiger partial charge >= 0.3 is 6.18 Å². The van der Waals surface area contributed by atoms with Gasteiger partial charge < -0.3 is 0 Å². The summed E-state index contributed by atoms with van der Waals surface area (Å²) in [6.45, 7) is 0. The minimum atomic E-state index is -4.60. The van der Waals surface area contributed by atoms with E-state index in [4.69, 9.17) is 10.3 Å². The van der Waals surface area contributed by atoms with Gasteiger partial charge in [-0.1, -0.05) is 18.2 Å². The predicted molar refractivity (Wildman–Crippen MR) is 174 cm³/mol. The molecule has 20 heteroatoms. The van der Waals surface area contributed by atoms with E-state index in [-0.39, 0.29) is 26.9 Å². The Morgan fingerprint density at radius 3 is 1.98 bits per heavy atom. The Labute approximate surface area is 286 Å². The maximum atomic E-state index is 13.1. The second-order valence-electron chi connectivity index (χ2n) is 9.62. The summed E-state index contributed by atoms with van der Waals surface area (Å²) in [5, 5.41) is 19.5. The van der Waals surface area contributed by atoms with E-state index in [1.165, 1.54) is 75.9 Å². The zero-order valence-corrected chi connectivity index (χ0v) is 28.6. The molecule has 0 radical (unpaired) electrons. The first-order valence-electron chi connectivity index (χ1n) is 13.0. The molecule has 0 fully saturated rings. The van der Waals surface area contributed by atoms with Crippen LogP contribution in [0.15, 0.2) is 104 Å². The van der Waals surface area contributed by atoms with E-state index >= 15 is 0 Å². The van der Waals surface area contributed by atoms with Crippen LogP contribution in [-0.4, -0.2) is 36.4 Å². The van der Waals surface area contributed by atoms with Crippen LogP contribution in [-0.2, 0) is 26.2 Å². The number of halogens is 6. The van der Waals surface area contributed by atoms with Gasteiger partial charge in [0.05, 0.1) is 41.2 Å². The number of aromatic nitrogens is 4. The van der Waals surface area contributed by atoms with Gasteiger partial charge in [0, 0.05) is 0 Å². The molecule has 48 heavy (non-hydrogen) atoms. The van der Waals surface area contributed by atoms with Crippen molar-refractivity contribution >= 4 is 58.7 Å². The minimum Gasteiger partial charge on any atom is -0.232 e. The summed E-state index contributed by atoms with van der Waals surface area (Å²) in [7, 11) is -7.92. The second-order valence-corrected chi connectivity index (χ2v) is 16.1. The molecule has 4 aromatic heterocycles. The Kier molecular flexibility index (Phi) is 10.1. The Morgan fingerprint density at radius 1 is 0.771 bits per heavy atom. The van der Waals surface area contributed by atoms with Crippen LogP contribution >= 0.6 is 38.6 Å². The molecule has 0 bridgehead atoms. The standard InChI is InChI=1S/C14H9BrF3N3O2S2.C14H11F2N3O2S2/c15-13-6-5-11(24-13)10-7-12(14(16,17)18)20-21(10)8-1-3-9(4-2-8)25(19,22)23;15-14(16)9-8-11(12-5-3-7-22-12)19(18-9)10-4-1-2-6-13(10)23(17,20)21/h1-7H,(H2,19,22,23);1-8,14H,(H2,17,20,21). The van der Waals surface area contributed by atoms with Gasteiger partial charge in [0.2, 0.25) is 20.0 Å². The Balaban J connectivity index is 0.000000188. The summed E-state index contributed by atoms with van der Waals surface area (Å²) in [5.74, 6) is 0. The molecular formula is C28H20BrF5N6O4S4. The molecule has 0 aliphatic heterocycles. The SMILES string of the molecule is NS(=O)(=O)c1ccc(-n2nc(C(F)(F)F)cc2-c2ccc(Br)s2)cc1.NS(=O)(=O)c1ccccc1-n1nc(C(F)F)cc1-c1cccs1. The highest BCUT2D eigenvalue weighted by atomic mass is 79.9. The molecule has 0 saturated carbocycles. The van der Waals surface area contributed by atoms with Crippen molar-refractivity contribution < 1.29 is 38.8 Å². The van der Waals surface area contributed by atoms with Crippen molar-refractivity contribution in [1.82, 2.24) is 19.6 Å². The first-order chi connectivity index (χ1) is 22.4. The van der Waals surface area contributed by atoms with E-state index in [1.54, 1.807) is 35.7 Å². The molecule has 252 valence electrons. The van der Waals surface area contributed by atoms with Crippen molar-refractivity contribution in [2.45, 2.75) is 22.4 Å². The zero-order chi connectivity index (χ0) is 35.0. The fraction of sp³-hybridized carbons (Fsp3) is 0.0714. The molecule has 0 amide bonds. The van der Waals surface area contributed by atoms with Crippen molar-refractivity contribution in [3.8, 4) is 32.5 Å². The van der Waals surface area contributed by atoms with E-state index in [2.05, 4.69) is 26.1 Å². The molecular weight excluding hydrogens is 788 g/mol. The number of hydrogen-bond donors (Lipinski definition) is 2. The van der Waals surface area contributed by atoms with Crippen LogP contribution in [0.2, 0.25) is 0 Å². The van der Waals surface area contributed by atoms with Crippen LogP contribution in [0.4, 0.5) is 22.0 Å². The molecule has 0 unspecified atom stereocenters. The second kappa shape index (κ2) is 13.6. The van der Waals surface area contributed by atoms with Crippen LogP contribution in [0.3, 0.4) is 0 Å². The first-order valence-corrected chi connectivity index (χ1v) is 18.6. The molecule has 10 nitrogen and oxygen atoms in total. The number of rotatable bonds is 7. The lowest BCUT2D eigenvalue weighted by molar-refractivity contribution is -0.141. The predicted octanol–water partition coefficient (Wildman–Crippen LogP) is 7.22. The Bertz CT molecular complexity index is 2280. The van der Waals surface area contributed by atoms with E-state index in [0.29, 0.717) is 15.4 Å². The number of primary sulfonamides is 2. The largest absolute Gasteiger partial charge is 0.435 e. The number of benzene rings is 2. The first kappa shape index (κ1) is 35.5. The number of hydrogen-bond acceptors (Lipinski definition) is 8. The maximum absolute atomic E-state index is 13.1. The van der Waals surface area contributed by atoms with Crippen LogP contribution < -0.4 is 10.3 Å². The fourth-order valence-electron chi connectivity index (χ4n) is 4.28. The topological polar surface area (TPSA) is 156 Å². The summed E-state index contributed by atoms with van der Waals surface area (Å²) >= 11 is 5.86. The Hall–Kier alpha value is -3.79. The lowest BCUT2D eigenvalue weighted by Crippen LogP contribution is -2.16. The zero-order valence-electron chi connectivity index (χ0n) is 23.7. The van der Waals surface area contributed by atoms with Crippen molar-refractivity contribution in [3.63, 3.8) is 0 Å². The van der Waals surface area contributed by atoms with E-state index < -0.39 is 44.0 Å². The summed E-state index contributed by atoms with van der Waals surface area (Å²) in [6.07, 6.45) is -7.37. The van der Waals surface area contributed by atoms with Crippen LogP contribution in [0.25, 0.3) is 32.5 Å². The summed E-state index contributed by atoms with van der Waals surface area (Å²) < 4.78 is 114. The van der Waals surface area contributed by atoms with Gasteiger partial charge in [-0.2, -0.15) is 23.4 Å². The third kappa shape index (κ3) is 7.91. The van der Waals surface area contributed by atoms with Gasteiger partial charge in [-0.05, 0) is 88.0 Å². The number of sulfonamides is 2. The lowest BCUT2D eigenvalue weighted by Gasteiger charge is -2.10. The van der Waals surface area contributed by atoms with E-state index in [1.807, 2.05) is 0 Å². The third-order valence-corrected chi connectivity index (χ3v) is 10.8. The van der Waals surface area contributed by atoms with Crippen molar-refractivity contribution in [3.05, 3.63) is 105 Å². The van der Waals surface area contributed by atoms with Gasteiger partial charge in [0.25, 0.3) is 6.43 Å². The fourth-order valence-corrected chi connectivity index (χ4v) is 7.63. The number of para-hydroxylation sites is 1. The van der Waals surface area contributed by atoms with E-state index in [9.17, 15) is 38.8 Å². The molecule has 0 atom stereocenters. The van der Waals surface area contributed by atoms with Gasteiger partial charge in [-0.15, -0.1) is 22.7 Å². The van der Waals surface area contributed by atoms with Crippen molar-refractivity contribution in [2.75, 3.05) is 0 Å². The average molecular weight is 808 g/mol. The Morgan fingerprint density at radius 2 is 1.44 bits per heavy atom. The number of alkyl halides is 5. The molecule has 0 saturated heterocycles. The highest BCUT2D eigenvalue weighted by molar-refractivity contribution is 9.11. The quantitative estimate of drug-likeness (QED) is 0.162. The molecule has 4 heterocycles. The third-order valence-electron chi connectivity index (χ3n) is 6.36. The van der Waals surface area contributed by atoms with Crippen LogP contribution in [0, 0.1) is 0 Å². The summed E-state index contributed by atoms with van der Waals surface area (Å²) in [5.41, 5.74) is -0.439. The number of thiophene rings is 2.